The Morgan fingerprint density at radius 1 is 1.08 bits per heavy atom. The molecule has 2 aromatic rings. The van der Waals surface area contributed by atoms with Crippen molar-refractivity contribution in [2.75, 3.05) is 6.61 Å². The SMILES string of the molecule is CCOC(=O)c1ccc(CNC(=O)C(C)C(N)c2ccccc2)cc1. The van der Waals surface area contributed by atoms with Gasteiger partial charge in [0.1, 0.15) is 0 Å². The maximum atomic E-state index is 12.3. The van der Waals surface area contributed by atoms with Gasteiger partial charge in [-0.15, -0.1) is 0 Å². The number of carbonyl (C=O) groups excluding carboxylic acids is 2. The Morgan fingerprint density at radius 3 is 2.32 bits per heavy atom. The van der Waals surface area contributed by atoms with E-state index in [0.717, 1.165) is 11.1 Å². The number of nitrogens with one attached hydrogen (secondary N) is 1. The highest BCUT2D eigenvalue weighted by Crippen LogP contribution is 2.19. The second kappa shape index (κ2) is 8.99. The van der Waals surface area contributed by atoms with Crippen LogP contribution in [0.1, 0.15) is 41.4 Å². The molecule has 0 heterocycles. The van der Waals surface area contributed by atoms with Crippen molar-refractivity contribution < 1.29 is 14.3 Å². The van der Waals surface area contributed by atoms with Gasteiger partial charge in [0.25, 0.3) is 0 Å². The lowest BCUT2D eigenvalue weighted by atomic mass is 9.94. The largest absolute Gasteiger partial charge is 0.462 e. The van der Waals surface area contributed by atoms with Crippen LogP contribution in [0.4, 0.5) is 0 Å². The molecular weight excluding hydrogens is 316 g/mol. The van der Waals surface area contributed by atoms with Crippen LogP contribution >= 0.6 is 0 Å². The van der Waals surface area contributed by atoms with Crippen LogP contribution in [0.15, 0.2) is 54.6 Å². The first-order valence-electron chi connectivity index (χ1n) is 8.37. The molecule has 0 aliphatic rings. The summed E-state index contributed by atoms with van der Waals surface area (Å²) < 4.78 is 4.94. The minimum absolute atomic E-state index is 0.106. The number of benzene rings is 2. The van der Waals surface area contributed by atoms with Crippen molar-refractivity contribution in [1.29, 1.82) is 0 Å². The van der Waals surface area contributed by atoms with E-state index >= 15 is 0 Å². The van der Waals surface area contributed by atoms with E-state index < -0.39 is 0 Å². The van der Waals surface area contributed by atoms with Crippen molar-refractivity contribution >= 4 is 11.9 Å². The Labute approximate surface area is 148 Å². The monoisotopic (exact) mass is 340 g/mol. The fourth-order valence-corrected chi connectivity index (χ4v) is 2.45. The molecule has 0 saturated heterocycles. The van der Waals surface area contributed by atoms with Crippen molar-refractivity contribution in [3.8, 4) is 0 Å². The van der Waals surface area contributed by atoms with Crippen molar-refractivity contribution in [1.82, 2.24) is 5.32 Å². The molecule has 0 aliphatic carbocycles. The van der Waals surface area contributed by atoms with Gasteiger partial charge in [-0.3, -0.25) is 4.79 Å². The molecule has 132 valence electrons. The lowest BCUT2D eigenvalue weighted by Gasteiger charge is -2.20. The third-order valence-corrected chi connectivity index (χ3v) is 4.07. The number of hydrogen-bond donors (Lipinski definition) is 2. The van der Waals surface area contributed by atoms with Crippen molar-refractivity contribution in [2.24, 2.45) is 11.7 Å². The second-order valence-corrected chi connectivity index (χ2v) is 5.86. The average Bonchev–Trinajstić information content (AvgIpc) is 2.66. The standard InChI is InChI=1S/C20H24N2O3/c1-3-25-20(24)17-11-9-15(10-12-17)13-22-19(23)14(2)18(21)16-7-5-4-6-8-16/h4-12,14,18H,3,13,21H2,1-2H3,(H,22,23). The molecule has 0 radical (unpaired) electrons. The molecule has 2 unspecified atom stereocenters. The van der Waals surface area contributed by atoms with E-state index in [1.165, 1.54) is 0 Å². The zero-order chi connectivity index (χ0) is 18.2. The number of rotatable bonds is 7. The molecule has 0 aromatic heterocycles. The molecule has 1 amide bonds. The van der Waals surface area contributed by atoms with E-state index in [0.29, 0.717) is 18.7 Å². The van der Waals surface area contributed by atoms with Crippen LogP contribution < -0.4 is 11.1 Å². The molecule has 0 saturated carbocycles. The van der Waals surface area contributed by atoms with Crippen LogP contribution in [-0.4, -0.2) is 18.5 Å². The van der Waals surface area contributed by atoms with E-state index in [2.05, 4.69) is 5.32 Å². The van der Waals surface area contributed by atoms with E-state index in [1.54, 1.807) is 31.2 Å². The number of ether oxygens (including phenoxy) is 1. The summed E-state index contributed by atoms with van der Waals surface area (Å²) in [6, 6.07) is 16.2. The Morgan fingerprint density at radius 2 is 1.72 bits per heavy atom. The minimum Gasteiger partial charge on any atom is -0.462 e. The van der Waals surface area contributed by atoms with Crippen LogP contribution in [0, 0.1) is 5.92 Å². The van der Waals surface area contributed by atoms with Crippen LogP contribution in [0.3, 0.4) is 0 Å². The van der Waals surface area contributed by atoms with Gasteiger partial charge >= 0.3 is 5.97 Å². The quantitative estimate of drug-likeness (QED) is 0.760. The zero-order valence-electron chi connectivity index (χ0n) is 14.6. The predicted octanol–water partition coefficient (Wildman–Crippen LogP) is 2.82. The molecule has 2 atom stereocenters. The van der Waals surface area contributed by atoms with Gasteiger partial charge in [-0.2, -0.15) is 0 Å². The Bertz CT molecular complexity index is 699. The first-order chi connectivity index (χ1) is 12.0. The highest BCUT2D eigenvalue weighted by molar-refractivity contribution is 5.89. The smallest absolute Gasteiger partial charge is 0.338 e. The van der Waals surface area contributed by atoms with Gasteiger partial charge in [0.15, 0.2) is 0 Å². The molecule has 5 heteroatoms. The molecule has 2 rings (SSSR count). The van der Waals surface area contributed by atoms with E-state index in [-0.39, 0.29) is 23.8 Å². The van der Waals surface area contributed by atoms with Gasteiger partial charge in [-0.05, 0) is 30.2 Å². The van der Waals surface area contributed by atoms with Gasteiger partial charge < -0.3 is 15.8 Å². The number of carbonyl (C=O) groups is 2. The van der Waals surface area contributed by atoms with Gasteiger partial charge in [-0.1, -0.05) is 49.4 Å². The number of hydrogen-bond acceptors (Lipinski definition) is 4. The molecule has 0 fully saturated rings. The van der Waals surface area contributed by atoms with Gasteiger partial charge in [0.2, 0.25) is 5.91 Å². The summed E-state index contributed by atoms with van der Waals surface area (Å²) in [5, 5.41) is 2.89. The topological polar surface area (TPSA) is 81.4 Å². The van der Waals surface area contributed by atoms with Gasteiger partial charge in [0.05, 0.1) is 18.1 Å². The van der Waals surface area contributed by atoms with E-state index in [9.17, 15) is 9.59 Å². The van der Waals surface area contributed by atoms with Crippen molar-refractivity contribution in [3.63, 3.8) is 0 Å². The van der Waals surface area contributed by atoms with E-state index in [4.69, 9.17) is 10.5 Å². The lowest BCUT2D eigenvalue weighted by molar-refractivity contribution is -0.125. The Kier molecular flexibility index (Phi) is 6.71. The lowest BCUT2D eigenvalue weighted by Crippen LogP contribution is -2.35. The summed E-state index contributed by atoms with van der Waals surface area (Å²) in [5.41, 5.74) is 8.51. The highest BCUT2D eigenvalue weighted by atomic mass is 16.5. The summed E-state index contributed by atoms with van der Waals surface area (Å²) in [6.07, 6.45) is 0. The molecular formula is C20H24N2O3. The minimum atomic E-state index is -0.354. The molecule has 0 spiro atoms. The second-order valence-electron chi connectivity index (χ2n) is 5.86. The predicted molar refractivity (Wildman–Crippen MR) is 96.8 cm³/mol. The summed E-state index contributed by atoms with van der Waals surface area (Å²) in [7, 11) is 0. The summed E-state index contributed by atoms with van der Waals surface area (Å²) in [4.78, 5) is 23.9. The summed E-state index contributed by atoms with van der Waals surface area (Å²) >= 11 is 0. The fraction of sp³-hybridized carbons (Fsp3) is 0.300. The molecule has 3 N–H and O–H groups in total. The fourth-order valence-electron chi connectivity index (χ4n) is 2.45. The Balaban J connectivity index is 1.90. The normalized spacial score (nSPS) is 12.9. The molecule has 25 heavy (non-hydrogen) atoms. The number of esters is 1. The first-order valence-corrected chi connectivity index (χ1v) is 8.37. The summed E-state index contributed by atoms with van der Waals surface area (Å²) in [6.45, 7) is 4.31. The third-order valence-electron chi connectivity index (χ3n) is 4.07. The molecule has 2 aromatic carbocycles. The highest BCUT2D eigenvalue weighted by Gasteiger charge is 2.21. The number of amides is 1. The average molecular weight is 340 g/mol. The summed E-state index contributed by atoms with van der Waals surface area (Å²) in [5.74, 6) is -0.799. The third kappa shape index (κ3) is 5.16. The van der Waals surface area contributed by atoms with Crippen molar-refractivity contribution in [3.05, 3.63) is 71.3 Å². The van der Waals surface area contributed by atoms with Crippen LogP contribution in [0.25, 0.3) is 0 Å². The van der Waals surface area contributed by atoms with E-state index in [1.807, 2.05) is 37.3 Å². The van der Waals surface area contributed by atoms with Gasteiger partial charge in [0, 0.05) is 12.6 Å². The van der Waals surface area contributed by atoms with Crippen LogP contribution in [0.5, 0.6) is 0 Å². The number of nitrogens with two attached hydrogens (primary N) is 1. The first kappa shape index (κ1) is 18.7. The maximum Gasteiger partial charge on any atom is 0.338 e. The Hall–Kier alpha value is -2.66. The van der Waals surface area contributed by atoms with Crippen LogP contribution in [-0.2, 0) is 16.1 Å². The molecule has 5 nitrogen and oxygen atoms in total. The van der Waals surface area contributed by atoms with Crippen LogP contribution in [0.2, 0.25) is 0 Å². The molecule has 0 bridgehead atoms. The maximum absolute atomic E-state index is 12.3. The molecule has 0 aliphatic heterocycles. The van der Waals surface area contributed by atoms with Gasteiger partial charge in [-0.25, -0.2) is 4.79 Å². The van der Waals surface area contributed by atoms with Crippen molar-refractivity contribution in [2.45, 2.75) is 26.4 Å². The zero-order valence-corrected chi connectivity index (χ0v) is 14.6.